The van der Waals surface area contributed by atoms with Crippen molar-refractivity contribution < 1.29 is 33.3 Å². The molecule has 0 spiro atoms. The van der Waals surface area contributed by atoms with Crippen LogP contribution in [-0.2, 0) is 26.0 Å². The lowest BCUT2D eigenvalue weighted by molar-refractivity contribution is -0.0453. The molecule has 4 atom stereocenters. The second-order valence-corrected chi connectivity index (χ2v) is 10.1. The predicted octanol–water partition coefficient (Wildman–Crippen LogP) is 4.37. The zero-order valence-electron chi connectivity index (χ0n) is 22.4. The molecule has 1 fully saturated rings. The van der Waals surface area contributed by atoms with Gasteiger partial charge in [0.25, 0.3) is 0 Å². The van der Waals surface area contributed by atoms with Crippen LogP contribution in [0.4, 0.5) is 0 Å². The summed E-state index contributed by atoms with van der Waals surface area (Å²) in [6.45, 7) is -0.241. The largest absolute Gasteiger partial charge is 0.459 e. The Balaban J connectivity index is 1.49. The highest BCUT2D eigenvalue weighted by molar-refractivity contribution is 7.07. The summed E-state index contributed by atoms with van der Waals surface area (Å²) < 4.78 is 25.8. The van der Waals surface area contributed by atoms with Crippen molar-refractivity contribution in [2.24, 2.45) is 12.0 Å². The Labute approximate surface area is 240 Å². The average Bonchev–Trinajstić information content (AvgIpc) is 3.55. The van der Waals surface area contributed by atoms with Gasteiger partial charge in [-0.25, -0.2) is 14.4 Å². The van der Waals surface area contributed by atoms with E-state index in [1.807, 2.05) is 17.0 Å². The van der Waals surface area contributed by atoms with E-state index in [1.54, 1.807) is 98.0 Å². The van der Waals surface area contributed by atoms with Gasteiger partial charge in [-0.05, 0) is 36.4 Å². The topological polar surface area (TPSA) is 105 Å². The number of ether oxygens (including phenoxy) is 4. The van der Waals surface area contributed by atoms with Gasteiger partial charge in [0.1, 0.15) is 18.8 Å². The summed E-state index contributed by atoms with van der Waals surface area (Å²) in [7, 11) is 3.50. The molecule has 0 radical (unpaired) electrons. The molecule has 0 unspecified atom stereocenters. The molecule has 0 saturated carbocycles. The van der Waals surface area contributed by atoms with Crippen molar-refractivity contribution in [2.45, 2.75) is 24.4 Å². The van der Waals surface area contributed by atoms with Crippen LogP contribution in [0, 0.1) is 0 Å². The minimum absolute atomic E-state index is 0.241. The van der Waals surface area contributed by atoms with Crippen LogP contribution in [0.5, 0.6) is 0 Å². The number of esters is 3. The summed E-state index contributed by atoms with van der Waals surface area (Å²) in [6.07, 6.45) is -3.92. The fraction of sp³-hybridized carbons (Fsp3) is 0.226. The molecule has 9 nitrogen and oxygen atoms in total. The van der Waals surface area contributed by atoms with Crippen molar-refractivity contribution >= 4 is 29.2 Å². The molecule has 210 valence electrons. The Kier molecular flexibility index (Phi) is 8.71. The maximum atomic E-state index is 13.3. The summed E-state index contributed by atoms with van der Waals surface area (Å²) >= 11 is 1.39. The molecule has 1 aromatic heterocycles. The molecule has 3 aromatic carbocycles. The number of thiazole rings is 1. The molecule has 0 N–H and O–H groups in total. The van der Waals surface area contributed by atoms with E-state index in [0.29, 0.717) is 27.2 Å². The smallest absolute Gasteiger partial charge is 0.338 e. The number of hydrogen-bond donors (Lipinski definition) is 0. The Morgan fingerprint density at radius 3 is 1.76 bits per heavy atom. The van der Waals surface area contributed by atoms with Crippen molar-refractivity contribution in [3.05, 3.63) is 124 Å². The highest BCUT2D eigenvalue weighted by Gasteiger charge is 2.51. The van der Waals surface area contributed by atoms with Gasteiger partial charge in [0, 0.05) is 19.5 Å². The Hall–Kier alpha value is -4.54. The third-order valence-corrected chi connectivity index (χ3v) is 7.67. The molecule has 0 amide bonds. The lowest BCUT2D eigenvalue weighted by Gasteiger charge is -2.24. The average molecular weight is 573 g/mol. The van der Waals surface area contributed by atoms with Gasteiger partial charge in [-0.15, -0.1) is 11.3 Å². The molecule has 1 saturated heterocycles. The van der Waals surface area contributed by atoms with Gasteiger partial charge < -0.3 is 23.5 Å². The number of benzene rings is 3. The fourth-order valence-corrected chi connectivity index (χ4v) is 5.45. The number of nitrogens with zero attached hydrogens (tertiary/aromatic N) is 2. The lowest BCUT2D eigenvalue weighted by Crippen LogP contribution is -2.41. The van der Waals surface area contributed by atoms with Gasteiger partial charge in [0.15, 0.2) is 17.0 Å². The summed E-state index contributed by atoms with van der Waals surface area (Å²) in [5.41, 5.74) is 1.68. The van der Waals surface area contributed by atoms with Crippen LogP contribution < -0.4 is 4.80 Å². The zero-order valence-corrected chi connectivity index (χ0v) is 23.2. The molecule has 10 heteroatoms. The summed E-state index contributed by atoms with van der Waals surface area (Å²) in [5, 5.41) is 1.85. The van der Waals surface area contributed by atoms with Gasteiger partial charge >= 0.3 is 17.9 Å². The van der Waals surface area contributed by atoms with Crippen molar-refractivity contribution in [3.8, 4) is 0 Å². The highest BCUT2D eigenvalue weighted by Crippen LogP contribution is 2.38. The number of hydrogen-bond acceptors (Lipinski definition) is 9. The molecule has 41 heavy (non-hydrogen) atoms. The van der Waals surface area contributed by atoms with Crippen LogP contribution in [0.15, 0.2) is 101 Å². The number of rotatable bonds is 8. The highest BCUT2D eigenvalue weighted by atomic mass is 32.1. The second kappa shape index (κ2) is 12.8. The van der Waals surface area contributed by atoms with Crippen LogP contribution >= 0.6 is 11.3 Å². The molecule has 0 bridgehead atoms. The number of carbonyl (C=O) groups is 3. The van der Waals surface area contributed by atoms with E-state index in [1.165, 1.54) is 11.3 Å². The monoisotopic (exact) mass is 572 g/mol. The van der Waals surface area contributed by atoms with Crippen LogP contribution in [-0.4, -0.2) is 54.4 Å². The van der Waals surface area contributed by atoms with E-state index in [-0.39, 0.29) is 6.61 Å². The molecule has 0 aliphatic carbocycles. The van der Waals surface area contributed by atoms with E-state index in [4.69, 9.17) is 18.9 Å². The summed E-state index contributed by atoms with van der Waals surface area (Å²) in [5.74, 6) is -1.79. The molecule has 1 aliphatic heterocycles. The third kappa shape index (κ3) is 6.29. The fourth-order valence-electron chi connectivity index (χ4n) is 4.56. The summed E-state index contributed by atoms with van der Waals surface area (Å²) in [6, 6.07) is 25.5. The first kappa shape index (κ1) is 28.0. The van der Waals surface area contributed by atoms with E-state index >= 15 is 0 Å². The van der Waals surface area contributed by atoms with Crippen molar-refractivity contribution in [1.82, 2.24) is 4.57 Å². The van der Waals surface area contributed by atoms with E-state index in [2.05, 4.69) is 4.99 Å². The standard InChI is InChI=1S/C31H28N2O7S/c1-32-31-33(2)23(19-41-31)25-27(40-30(36)22-16-10-5-11-17-22)26(39-29(35)21-14-8-4-9-15-21)24(38-25)18-37-28(34)20-12-6-3-7-13-20/h3-17,19,24-27H,18H2,1-2H3/t24-,25+,26-,27+/m1/s1. The SMILES string of the molecule is CN=c1scc([C@@H]2O[C@H](COC(=O)c3ccccc3)[C@@H](OC(=O)c3ccccc3)[C@H]2OC(=O)c2ccccc2)n1C. The van der Waals surface area contributed by atoms with Crippen LogP contribution in [0.2, 0.25) is 0 Å². The maximum absolute atomic E-state index is 13.3. The molecule has 2 heterocycles. The quantitative estimate of drug-likeness (QED) is 0.228. The first-order valence-electron chi connectivity index (χ1n) is 12.9. The van der Waals surface area contributed by atoms with Gasteiger partial charge in [-0.2, -0.15) is 0 Å². The van der Waals surface area contributed by atoms with E-state index in [9.17, 15) is 14.4 Å². The van der Waals surface area contributed by atoms with Gasteiger partial charge in [-0.3, -0.25) is 4.99 Å². The lowest BCUT2D eigenvalue weighted by atomic mass is 10.0. The number of carbonyl (C=O) groups excluding carboxylic acids is 3. The second-order valence-electron chi connectivity index (χ2n) is 9.26. The Morgan fingerprint density at radius 1 is 0.780 bits per heavy atom. The van der Waals surface area contributed by atoms with Gasteiger partial charge in [0.05, 0.1) is 22.4 Å². The molecular weight excluding hydrogens is 544 g/mol. The number of aromatic nitrogens is 1. The maximum Gasteiger partial charge on any atom is 0.338 e. The van der Waals surface area contributed by atoms with Crippen molar-refractivity contribution in [3.63, 3.8) is 0 Å². The van der Waals surface area contributed by atoms with Gasteiger partial charge in [-0.1, -0.05) is 54.6 Å². The van der Waals surface area contributed by atoms with Crippen LogP contribution in [0.1, 0.15) is 42.9 Å². The first-order chi connectivity index (χ1) is 20.0. The predicted molar refractivity (Wildman–Crippen MR) is 150 cm³/mol. The molecule has 4 aromatic rings. The Bertz CT molecular complexity index is 1570. The van der Waals surface area contributed by atoms with E-state index < -0.39 is 42.3 Å². The summed E-state index contributed by atoms with van der Waals surface area (Å²) in [4.78, 5) is 44.2. The normalized spacial score (nSPS) is 20.4. The minimum atomic E-state index is -1.09. The minimum Gasteiger partial charge on any atom is -0.459 e. The molecule has 5 rings (SSSR count). The Morgan fingerprint density at radius 2 is 1.27 bits per heavy atom. The van der Waals surface area contributed by atoms with Crippen molar-refractivity contribution in [1.29, 1.82) is 0 Å². The molecule has 1 aliphatic rings. The van der Waals surface area contributed by atoms with Crippen LogP contribution in [0.25, 0.3) is 0 Å². The zero-order chi connectivity index (χ0) is 28.8. The van der Waals surface area contributed by atoms with E-state index in [0.717, 1.165) is 0 Å². The third-order valence-electron chi connectivity index (χ3n) is 6.65. The van der Waals surface area contributed by atoms with Gasteiger partial charge in [0.2, 0.25) is 0 Å². The molecular formula is C31H28N2O7S. The van der Waals surface area contributed by atoms with Crippen molar-refractivity contribution in [2.75, 3.05) is 13.7 Å². The van der Waals surface area contributed by atoms with Crippen LogP contribution in [0.3, 0.4) is 0 Å². The first-order valence-corrected chi connectivity index (χ1v) is 13.8.